The Morgan fingerprint density at radius 3 is 2.46 bits per heavy atom. The summed E-state index contributed by atoms with van der Waals surface area (Å²) in [6.45, 7) is 7.59. The highest BCUT2D eigenvalue weighted by atomic mass is 35.5. The number of hydrogen-bond acceptors (Lipinski definition) is 4. The van der Waals surface area contributed by atoms with Crippen molar-refractivity contribution >= 4 is 43.1 Å². The number of nitrogens with one attached hydrogen (secondary N) is 1. The standard InChI is InChI=1S/C18H28N4O.3ClH/c1-2-18(7-3-4-9-20-18)17(23)22-12-10-21(11-13-22)15-16-6-5-8-19-14-16;;;/h5-6,8,14,20H,2-4,7,9-13,15H2,1H3;3*1H/t18-;;;/m0.../s1. The van der Waals surface area contributed by atoms with Gasteiger partial charge in [-0.2, -0.15) is 0 Å². The van der Waals surface area contributed by atoms with Crippen LogP contribution in [0, 0.1) is 0 Å². The lowest BCUT2D eigenvalue weighted by molar-refractivity contribution is -0.141. The van der Waals surface area contributed by atoms with Crippen LogP contribution in [0.5, 0.6) is 0 Å². The summed E-state index contributed by atoms with van der Waals surface area (Å²) >= 11 is 0. The monoisotopic (exact) mass is 424 g/mol. The Kier molecular flexibility index (Phi) is 11.7. The summed E-state index contributed by atoms with van der Waals surface area (Å²) < 4.78 is 0. The van der Waals surface area contributed by atoms with Crippen LogP contribution in [0.1, 0.15) is 38.2 Å². The zero-order valence-electron chi connectivity index (χ0n) is 15.4. The first-order valence-corrected chi connectivity index (χ1v) is 8.89. The summed E-state index contributed by atoms with van der Waals surface area (Å²) in [6.07, 6.45) is 7.96. The van der Waals surface area contributed by atoms with Gasteiger partial charge in [-0.1, -0.05) is 13.0 Å². The van der Waals surface area contributed by atoms with Crippen molar-refractivity contribution in [2.45, 2.75) is 44.7 Å². The van der Waals surface area contributed by atoms with E-state index < -0.39 is 0 Å². The molecule has 26 heavy (non-hydrogen) atoms. The van der Waals surface area contributed by atoms with E-state index in [-0.39, 0.29) is 42.8 Å². The van der Waals surface area contributed by atoms with Gasteiger partial charge in [0.25, 0.3) is 0 Å². The number of halogens is 3. The predicted molar refractivity (Wildman–Crippen MR) is 113 cm³/mol. The van der Waals surface area contributed by atoms with Crippen molar-refractivity contribution in [3.8, 4) is 0 Å². The maximum Gasteiger partial charge on any atom is 0.242 e. The van der Waals surface area contributed by atoms with Crippen molar-refractivity contribution in [3.63, 3.8) is 0 Å². The van der Waals surface area contributed by atoms with Gasteiger partial charge < -0.3 is 10.2 Å². The third kappa shape index (κ3) is 5.96. The summed E-state index contributed by atoms with van der Waals surface area (Å²) in [4.78, 5) is 21.7. The second-order valence-electron chi connectivity index (χ2n) is 6.75. The number of nitrogens with zero attached hydrogens (tertiary/aromatic N) is 3. The number of hydrogen-bond donors (Lipinski definition) is 1. The van der Waals surface area contributed by atoms with Gasteiger partial charge in [0.2, 0.25) is 5.91 Å². The first kappa shape index (κ1) is 25.4. The molecule has 0 unspecified atom stereocenters. The Bertz CT molecular complexity index is 518. The van der Waals surface area contributed by atoms with Gasteiger partial charge in [-0.05, 0) is 43.9 Å². The van der Waals surface area contributed by atoms with E-state index in [1.165, 1.54) is 12.0 Å². The van der Waals surface area contributed by atoms with Crippen LogP contribution in [0.25, 0.3) is 0 Å². The fourth-order valence-electron chi connectivity index (χ4n) is 3.76. The molecule has 1 atom stereocenters. The minimum absolute atomic E-state index is 0. The van der Waals surface area contributed by atoms with E-state index in [9.17, 15) is 4.79 Å². The summed E-state index contributed by atoms with van der Waals surface area (Å²) in [5, 5.41) is 3.52. The molecular formula is C18H31Cl3N4O. The van der Waals surface area contributed by atoms with Crippen LogP contribution >= 0.6 is 37.2 Å². The predicted octanol–water partition coefficient (Wildman–Crippen LogP) is 2.91. The Balaban J connectivity index is 0.00000208. The highest BCUT2D eigenvalue weighted by molar-refractivity contribution is 5.86. The van der Waals surface area contributed by atoms with Crippen LogP contribution in [-0.2, 0) is 11.3 Å². The quantitative estimate of drug-likeness (QED) is 0.806. The molecule has 0 spiro atoms. The molecule has 150 valence electrons. The van der Waals surface area contributed by atoms with E-state index >= 15 is 0 Å². The highest BCUT2D eigenvalue weighted by Crippen LogP contribution is 2.26. The first-order valence-electron chi connectivity index (χ1n) is 8.89. The molecule has 0 radical (unpaired) electrons. The first-order chi connectivity index (χ1) is 11.2. The van der Waals surface area contributed by atoms with Gasteiger partial charge in [0, 0.05) is 45.1 Å². The summed E-state index contributed by atoms with van der Waals surface area (Å²) in [7, 11) is 0. The highest BCUT2D eigenvalue weighted by Gasteiger charge is 2.40. The van der Waals surface area contributed by atoms with Crippen molar-refractivity contribution in [2.24, 2.45) is 0 Å². The molecule has 0 saturated carbocycles. The Morgan fingerprint density at radius 2 is 1.92 bits per heavy atom. The van der Waals surface area contributed by atoms with Crippen LogP contribution in [0.3, 0.4) is 0 Å². The van der Waals surface area contributed by atoms with E-state index in [1.807, 2.05) is 18.5 Å². The van der Waals surface area contributed by atoms with Crippen LogP contribution in [0.4, 0.5) is 0 Å². The topological polar surface area (TPSA) is 48.5 Å². The molecule has 3 rings (SSSR count). The average Bonchev–Trinajstić information content (AvgIpc) is 2.63. The van der Waals surface area contributed by atoms with E-state index in [4.69, 9.17) is 0 Å². The average molecular weight is 426 g/mol. The number of piperazine rings is 1. The lowest BCUT2D eigenvalue weighted by atomic mass is 9.85. The Labute approximate surface area is 175 Å². The van der Waals surface area contributed by atoms with E-state index in [0.29, 0.717) is 5.91 Å². The molecule has 2 fully saturated rings. The van der Waals surface area contributed by atoms with Crippen molar-refractivity contribution in [1.82, 2.24) is 20.1 Å². The van der Waals surface area contributed by atoms with Crippen molar-refractivity contribution in [3.05, 3.63) is 30.1 Å². The maximum atomic E-state index is 13.0. The molecule has 3 heterocycles. The Morgan fingerprint density at radius 1 is 1.19 bits per heavy atom. The molecule has 1 amide bonds. The third-order valence-electron chi connectivity index (χ3n) is 5.30. The lowest BCUT2D eigenvalue weighted by Crippen LogP contribution is -2.62. The van der Waals surface area contributed by atoms with Gasteiger partial charge >= 0.3 is 0 Å². The zero-order chi connectivity index (χ0) is 16.1. The number of aromatic nitrogens is 1. The van der Waals surface area contributed by atoms with E-state index in [1.54, 1.807) is 0 Å². The van der Waals surface area contributed by atoms with E-state index in [2.05, 4.69) is 33.1 Å². The van der Waals surface area contributed by atoms with Crippen molar-refractivity contribution in [2.75, 3.05) is 32.7 Å². The number of carbonyl (C=O) groups is 1. The molecule has 0 aromatic carbocycles. The van der Waals surface area contributed by atoms with Gasteiger partial charge in [0.15, 0.2) is 0 Å². The van der Waals surface area contributed by atoms with Gasteiger partial charge in [0.05, 0.1) is 5.54 Å². The number of pyridine rings is 1. The largest absolute Gasteiger partial charge is 0.339 e. The molecule has 5 nitrogen and oxygen atoms in total. The second kappa shape index (κ2) is 12.0. The van der Waals surface area contributed by atoms with Crippen molar-refractivity contribution < 1.29 is 4.79 Å². The summed E-state index contributed by atoms with van der Waals surface area (Å²) in [5.41, 5.74) is 0.940. The van der Waals surface area contributed by atoms with Crippen LogP contribution < -0.4 is 5.32 Å². The number of carbonyl (C=O) groups excluding carboxylic acids is 1. The Hall–Kier alpha value is -0.590. The normalized spacial score (nSPS) is 23.2. The lowest BCUT2D eigenvalue weighted by Gasteiger charge is -2.43. The van der Waals surface area contributed by atoms with Crippen LogP contribution in [0.2, 0.25) is 0 Å². The fraction of sp³-hybridized carbons (Fsp3) is 0.667. The molecule has 2 aliphatic heterocycles. The number of rotatable bonds is 4. The number of piperidine rings is 1. The molecule has 1 aromatic rings. The molecule has 0 aliphatic carbocycles. The van der Waals surface area contributed by atoms with Crippen molar-refractivity contribution in [1.29, 1.82) is 0 Å². The molecule has 2 aliphatic rings. The number of amides is 1. The van der Waals surface area contributed by atoms with Crippen LogP contribution in [-0.4, -0.2) is 59.0 Å². The summed E-state index contributed by atoms with van der Waals surface area (Å²) in [6, 6.07) is 4.09. The molecular weight excluding hydrogens is 395 g/mol. The summed E-state index contributed by atoms with van der Waals surface area (Å²) in [5.74, 6) is 0.320. The van der Waals surface area contributed by atoms with E-state index in [0.717, 1.165) is 58.5 Å². The smallest absolute Gasteiger partial charge is 0.242 e. The second-order valence-corrected chi connectivity index (χ2v) is 6.75. The molecule has 2 saturated heterocycles. The molecule has 1 N–H and O–H groups in total. The van der Waals surface area contributed by atoms with Gasteiger partial charge in [0.1, 0.15) is 0 Å². The zero-order valence-corrected chi connectivity index (χ0v) is 17.8. The minimum Gasteiger partial charge on any atom is -0.339 e. The molecule has 8 heteroatoms. The van der Waals surface area contributed by atoms with Gasteiger partial charge in [-0.3, -0.25) is 14.7 Å². The third-order valence-corrected chi connectivity index (χ3v) is 5.30. The fourth-order valence-corrected chi connectivity index (χ4v) is 3.76. The molecule has 1 aromatic heterocycles. The van der Waals surface area contributed by atoms with Gasteiger partial charge in [-0.15, -0.1) is 37.2 Å². The minimum atomic E-state index is -0.302. The van der Waals surface area contributed by atoms with Gasteiger partial charge in [-0.25, -0.2) is 0 Å². The van der Waals surface area contributed by atoms with Crippen LogP contribution in [0.15, 0.2) is 24.5 Å². The molecule has 0 bridgehead atoms. The SMILES string of the molecule is CC[C@@]1(C(=O)N2CCN(Cc3cccnc3)CC2)CCCCN1.Cl.Cl.Cl. The maximum absolute atomic E-state index is 13.0.